The third kappa shape index (κ3) is 3.72. The Labute approximate surface area is 205 Å². The highest BCUT2D eigenvalue weighted by atomic mass is 79.9. The van der Waals surface area contributed by atoms with Gasteiger partial charge in [-0.25, -0.2) is 0 Å². The lowest BCUT2D eigenvalue weighted by molar-refractivity contribution is -0.943. The molecule has 0 aromatic heterocycles. The first-order valence-corrected chi connectivity index (χ1v) is 13.2. The molecule has 0 spiro atoms. The number of Topliss-reactive ketones (excluding diaryl/α,β-unsaturated/α-hetero) is 1. The summed E-state index contributed by atoms with van der Waals surface area (Å²) < 4.78 is 7.15. The summed E-state index contributed by atoms with van der Waals surface area (Å²) in [7, 11) is 2.44. The fraction of sp³-hybridized carbons (Fsp3) is 0.926. The Morgan fingerprint density at radius 2 is 1.75 bits per heavy atom. The minimum Gasteiger partial charge on any atom is -1.00 e. The normalized spacial score (nSPS) is 47.4. The molecule has 32 heavy (non-hydrogen) atoms. The quantitative estimate of drug-likeness (QED) is 0.423. The van der Waals surface area contributed by atoms with Crippen molar-refractivity contribution in [2.75, 3.05) is 20.1 Å². The van der Waals surface area contributed by atoms with Gasteiger partial charge < -0.3 is 26.2 Å². The number of nitrogens with zero attached hydrogens (tertiary/aromatic N) is 1. The largest absolute Gasteiger partial charge is 1.00 e. The van der Waals surface area contributed by atoms with E-state index in [4.69, 9.17) is 4.74 Å². The van der Waals surface area contributed by atoms with Crippen molar-refractivity contribution in [1.82, 2.24) is 0 Å². The second-order valence-corrected chi connectivity index (χ2v) is 12.7. The number of ketones is 1. The highest BCUT2D eigenvalue weighted by Gasteiger charge is 2.63. The van der Waals surface area contributed by atoms with Crippen molar-refractivity contribution in [2.24, 2.45) is 34.5 Å². The van der Waals surface area contributed by atoms with Crippen LogP contribution in [-0.2, 0) is 14.3 Å². The van der Waals surface area contributed by atoms with Gasteiger partial charge in [-0.1, -0.05) is 13.8 Å². The molecule has 0 bridgehead atoms. The van der Waals surface area contributed by atoms with Crippen molar-refractivity contribution in [3.05, 3.63) is 0 Å². The molecule has 1 aliphatic heterocycles. The van der Waals surface area contributed by atoms with E-state index in [0.717, 1.165) is 42.0 Å². The first-order chi connectivity index (χ1) is 14.7. The van der Waals surface area contributed by atoms with Crippen LogP contribution in [0.3, 0.4) is 0 Å². The Hall–Kier alpha value is -0.420. The molecule has 0 unspecified atom stereocenters. The van der Waals surface area contributed by atoms with Gasteiger partial charge in [0.1, 0.15) is 11.8 Å². The summed E-state index contributed by atoms with van der Waals surface area (Å²) in [5.74, 6) is 3.18. The second kappa shape index (κ2) is 8.66. The summed E-state index contributed by atoms with van der Waals surface area (Å²) in [6.45, 7) is 8.94. The number of carbonyl (C=O) groups excluding carboxylic acids is 2. The zero-order valence-corrected chi connectivity index (χ0v) is 22.3. The molecule has 5 fully saturated rings. The topological polar surface area (TPSA) is 43.4 Å². The number of ether oxygens (including phenoxy) is 1. The van der Waals surface area contributed by atoms with E-state index in [9.17, 15) is 9.59 Å². The summed E-state index contributed by atoms with van der Waals surface area (Å²) in [6, 6.07) is 0.433. The van der Waals surface area contributed by atoms with E-state index in [1.54, 1.807) is 6.92 Å². The van der Waals surface area contributed by atoms with E-state index in [1.165, 1.54) is 58.0 Å². The Morgan fingerprint density at radius 3 is 2.44 bits per heavy atom. The molecule has 0 aromatic rings. The average molecular weight is 511 g/mol. The van der Waals surface area contributed by atoms with Crippen LogP contribution in [-0.4, -0.2) is 48.5 Å². The number of hydrogen-bond donors (Lipinski definition) is 0. The van der Waals surface area contributed by atoms with Crippen LogP contribution >= 0.6 is 0 Å². The molecule has 4 nitrogen and oxygen atoms in total. The molecule has 0 aromatic carbocycles. The van der Waals surface area contributed by atoms with E-state index in [1.807, 2.05) is 0 Å². The molecule has 1 heterocycles. The summed E-state index contributed by atoms with van der Waals surface area (Å²) in [5, 5.41) is 0. The molecule has 5 rings (SSSR count). The van der Waals surface area contributed by atoms with E-state index >= 15 is 0 Å². The number of hydrogen-bond acceptors (Lipinski definition) is 3. The van der Waals surface area contributed by atoms with Crippen LogP contribution in [0.1, 0.15) is 91.4 Å². The van der Waals surface area contributed by atoms with Crippen LogP contribution in [0.2, 0.25) is 0 Å². The first kappa shape index (κ1) is 24.7. The van der Waals surface area contributed by atoms with Gasteiger partial charge >= 0.3 is 5.97 Å². The van der Waals surface area contributed by atoms with Gasteiger partial charge in [0.25, 0.3) is 0 Å². The molecular formula is C27H44BrNO3. The Bertz CT molecular complexity index is 749. The van der Waals surface area contributed by atoms with Crippen LogP contribution in [0.5, 0.6) is 0 Å². The summed E-state index contributed by atoms with van der Waals surface area (Å²) in [6.07, 6.45) is 13.1. The number of esters is 1. The van der Waals surface area contributed by atoms with Gasteiger partial charge in [0.15, 0.2) is 6.10 Å². The van der Waals surface area contributed by atoms with Gasteiger partial charge in [-0.15, -0.1) is 0 Å². The van der Waals surface area contributed by atoms with Crippen molar-refractivity contribution < 1.29 is 35.8 Å². The summed E-state index contributed by atoms with van der Waals surface area (Å²) in [4.78, 5) is 24.8. The Balaban J connectivity index is 0.00000245. The highest BCUT2D eigenvalue weighted by Crippen LogP contribution is 2.66. The standard InChI is InChI=1S/C27H44NO3.BrH/c1-18(29)31-24-16-19-8-9-20-21-10-11-25(30)26(21,2)13-12-22(20)27(19,3)17-23(24)28(4)14-6-5-7-15-28;/h19-24H,5-17H2,1-4H3;1H/q+1;/p-1/t19-,20-,21-,22-,23-,24-,26-,27-;/m0./s1. The van der Waals surface area contributed by atoms with Gasteiger partial charge in [-0.3, -0.25) is 9.59 Å². The molecule has 182 valence electrons. The smallest absolute Gasteiger partial charge is 0.303 e. The zero-order chi connectivity index (χ0) is 22.0. The van der Waals surface area contributed by atoms with E-state index < -0.39 is 0 Å². The third-order valence-electron chi connectivity index (χ3n) is 11.3. The summed E-state index contributed by atoms with van der Waals surface area (Å²) >= 11 is 0. The maximum atomic E-state index is 12.8. The molecular weight excluding hydrogens is 466 g/mol. The molecule has 0 amide bonds. The highest BCUT2D eigenvalue weighted by molar-refractivity contribution is 5.87. The van der Waals surface area contributed by atoms with Crippen molar-refractivity contribution in [1.29, 1.82) is 0 Å². The molecule has 0 radical (unpaired) electrons. The van der Waals surface area contributed by atoms with Crippen LogP contribution < -0.4 is 17.0 Å². The van der Waals surface area contributed by atoms with Gasteiger partial charge in [0.2, 0.25) is 0 Å². The maximum absolute atomic E-state index is 12.8. The zero-order valence-electron chi connectivity index (χ0n) is 20.7. The Morgan fingerprint density at radius 1 is 1.03 bits per heavy atom. The number of rotatable bonds is 2. The van der Waals surface area contributed by atoms with Crippen molar-refractivity contribution in [3.63, 3.8) is 0 Å². The molecule has 8 atom stereocenters. The first-order valence-electron chi connectivity index (χ1n) is 13.2. The lowest BCUT2D eigenvalue weighted by Gasteiger charge is -2.62. The number of fused-ring (bicyclic) bond motifs is 5. The molecule has 0 N–H and O–H groups in total. The number of piperidine rings is 1. The van der Waals surface area contributed by atoms with Crippen molar-refractivity contribution in [3.8, 4) is 0 Å². The average Bonchev–Trinajstić information content (AvgIpc) is 3.03. The minimum atomic E-state index is -0.103. The number of halogens is 1. The van der Waals surface area contributed by atoms with Gasteiger partial charge in [-0.2, -0.15) is 0 Å². The predicted octanol–water partition coefficient (Wildman–Crippen LogP) is 2.14. The molecule has 1 saturated heterocycles. The number of likely N-dealkylation sites (N-methyl/N-ethyl adjacent to an activating group) is 1. The number of carbonyl (C=O) groups is 2. The SMILES string of the molecule is CC(=O)O[C@H]1C[C@@H]2CC[C@@H]3[C@H](CC[C@]4(C)C(=O)CC[C@@H]34)[C@@]2(C)C[C@@H]1[N+]1(C)CCCCC1.[Br-]. The lowest BCUT2D eigenvalue weighted by atomic mass is 9.44. The molecule has 5 aliphatic rings. The van der Waals surface area contributed by atoms with Crippen LogP contribution in [0.15, 0.2) is 0 Å². The third-order valence-corrected chi connectivity index (χ3v) is 11.3. The lowest BCUT2D eigenvalue weighted by Crippen LogP contribution is -3.00. The summed E-state index contributed by atoms with van der Waals surface area (Å²) in [5.41, 5.74) is 0.292. The van der Waals surface area contributed by atoms with Crippen molar-refractivity contribution >= 4 is 11.8 Å². The van der Waals surface area contributed by atoms with Crippen LogP contribution in [0.4, 0.5) is 0 Å². The van der Waals surface area contributed by atoms with E-state index in [0.29, 0.717) is 29.1 Å². The number of quaternary nitrogens is 1. The van der Waals surface area contributed by atoms with Gasteiger partial charge in [-0.05, 0) is 86.9 Å². The van der Waals surface area contributed by atoms with Crippen molar-refractivity contribution in [2.45, 2.75) is 104 Å². The maximum Gasteiger partial charge on any atom is 0.303 e. The second-order valence-electron chi connectivity index (χ2n) is 12.7. The van der Waals surface area contributed by atoms with Crippen LogP contribution in [0, 0.1) is 34.5 Å². The fourth-order valence-corrected chi connectivity index (χ4v) is 9.56. The predicted molar refractivity (Wildman–Crippen MR) is 121 cm³/mol. The van der Waals surface area contributed by atoms with Gasteiger partial charge in [0.05, 0.1) is 20.1 Å². The van der Waals surface area contributed by atoms with Gasteiger partial charge in [0, 0.05) is 25.2 Å². The Kier molecular flexibility index (Phi) is 6.68. The molecule has 4 aliphatic carbocycles. The van der Waals surface area contributed by atoms with E-state index in [-0.39, 0.29) is 34.5 Å². The minimum absolute atomic E-state index is 0. The molecule has 5 heteroatoms. The molecule has 4 saturated carbocycles. The fourth-order valence-electron chi connectivity index (χ4n) is 9.56. The number of likely N-dealkylation sites (tertiary alicyclic amines) is 1. The monoisotopic (exact) mass is 509 g/mol. The van der Waals surface area contributed by atoms with E-state index in [2.05, 4.69) is 20.9 Å². The van der Waals surface area contributed by atoms with Crippen LogP contribution in [0.25, 0.3) is 0 Å².